The lowest BCUT2D eigenvalue weighted by Gasteiger charge is -2.42. The van der Waals surface area contributed by atoms with Crippen LogP contribution in [0.1, 0.15) is 25.7 Å². The van der Waals surface area contributed by atoms with E-state index in [1.807, 2.05) is 36.2 Å². The average molecular weight is 846 g/mol. The van der Waals surface area contributed by atoms with Crippen LogP contribution in [0.4, 0.5) is 34.5 Å². The fraction of sp³-hybridized carbons (Fsp3) is 0.471. The van der Waals surface area contributed by atoms with Crippen LogP contribution in [-0.4, -0.2) is 109 Å². The normalized spacial score (nSPS) is 17.9. The van der Waals surface area contributed by atoms with E-state index in [1.54, 1.807) is 19.5 Å². The van der Waals surface area contributed by atoms with Crippen molar-refractivity contribution in [2.24, 2.45) is 0 Å². The van der Waals surface area contributed by atoms with Crippen LogP contribution in [0.25, 0.3) is 11.0 Å². The zero-order valence-electron chi connectivity index (χ0n) is 27.9. The number of methoxy groups -OCH3 is 1. The number of hydrogen-bond donors (Lipinski definition) is 0. The smallest absolute Gasteiger partial charge is 0.231 e. The molecule has 0 radical (unpaired) electrons. The molecule has 1 saturated carbocycles. The molecular weight excluding hydrogens is 803 g/mol. The molecule has 4 aromatic rings. The first kappa shape index (κ1) is 33.8. The van der Waals surface area contributed by atoms with E-state index in [9.17, 15) is 0 Å². The predicted octanol–water partition coefficient (Wildman–Crippen LogP) is 6.91. The summed E-state index contributed by atoms with van der Waals surface area (Å²) in [6, 6.07) is 11.3. The summed E-state index contributed by atoms with van der Waals surface area (Å²) >= 11 is 7.92. The molecule has 0 spiro atoms. The SMILES string of the molecule is COc1cc(N2CCC(N3CCN(C)CC3)CC2)ccc1N(C)c1ncc(Br)c(N(I)c2ccc3nccnc3c2N(C)SC2CC2)n1. The van der Waals surface area contributed by atoms with Crippen LogP contribution in [0.5, 0.6) is 5.75 Å². The Balaban J connectivity index is 1.12. The third kappa shape index (κ3) is 7.14. The fourth-order valence-corrected chi connectivity index (χ4v) is 9.15. The zero-order valence-corrected chi connectivity index (χ0v) is 32.4. The van der Waals surface area contributed by atoms with Gasteiger partial charge in [0.25, 0.3) is 0 Å². The van der Waals surface area contributed by atoms with Crippen molar-refractivity contribution < 1.29 is 4.74 Å². The number of likely N-dealkylation sites (N-methyl/N-ethyl adjacent to an activating group) is 1. The maximum Gasteiger partial charge on any atom is 0.231 e. The van der Waals surface area contributed by atoms with E-state index in [-0.39, 0.29) is 0 Å². The summed E-state index contributed by atoms with van der Waals surface area (Å²) in [6.45, 7) is 6.80. The monoisotopic (exact) mass is 844 g/mol. The molecular formula is C34H42BrIN10OS. The Morgan fingerprint density at radius 3 is 2.38 bits per heavy atom. The lowest BCUT2D eigenvalue weighted by Crippen LogP contribution is -2.52. The van der Waals surface area contributed by atoms with Gasteiger partial charge < -0.3 is 23.7 Å². The van der Waals surface area contributed by atoms with Crippen LogP contribution in [-0.2, 0) is 0 Å². The molecule has 2 aromatic heterocycles. The molecule has 7 rings (SSSR count). The second-order valence-corrected chi connectivity index (χ2v) is 16.0. The maximum atomic E-state index is 5.96. The molecule has 0 unspecified atom stereocenters. The summed E-state index contributed by atoms with van der Waals surface area (Å²) in [7, 11) is 8.05. The molecule has 254 valence electrons. The number of piperazine rings is 1. The molecule has 0 atom stereocenters. The van der Waals surface area contributed by atoms with E-state index >= 15 is 0 Å². The van der Waals surface area contributed by atoms with E-state index in [0.717, 1.165) is 57.2 Å². The molecule has 1 aliphatic carbocycles. The van der Waals surface area contributed by atoms with Gasteiger partial charge in [-0.05, 0) is 84.9 Å². The Bertz CT molecular complexity index is 1750. The number of halogens is 2. The number of ether oxygens (including phenoxy) is 1. The summed E-state index contributed by atoms with van der Waals surface area (Å²) in [6.07, 6.45) is 10.2. The van der Waals surface area contributed by atoms with Gasteiger partial charge in [0.1, 0.15) is 11.3 Å². The summed E-state index contributed by atoms with van der Waals surface area (Å²) in [5.74, 6) is 2.10. The van der Waals surface area contributed by atoms with E-state index in [4.69, 9.17) is 19.7 Å². The largest absolute Gasteiger partial charge is 0.494 e. The predicted molar refractivity (Wildman–Crippen MR) is 210 cm³/mol. The average Bonchev–Trinajstić information content (AvgIpc) is 3.95. The third-order valence-electron chi connectivity index (χ3n) is 9.56. The first-order chi connectivity index (χ1) is 23.3. The van der Waals surface area contributed by atoms with Gasteiger partial charge in [0, 0.05) is 95.0 Å². The topological polar surface area (TPSA) is 80.2 Å². The molecule has 2 saturated heterocycles. The highest BCUT2D eigenvalue weighted by atomic mass is 127. The van der Waals surface area contributed by atoms with Crippen molar-refractivity contribution in [1.82, 2.24) is 29.7 Å². The second-order valence-electron chi connectivity index (χ2n) is 12.8. The standard InChI is InChI=1S/C34H42BrIN10OS/c1-41-17-19-45(20-18-41)23-11-15-44(16-12-23)24-5-9-28(30(21-24)47-4)42(2)34-39-22-26(35)33(40-34)46(36)29-10-8-27-31(38-14-13-37-27)32(29)43(3)48-25-6-7-25/h5,8-10,13-14,21-23,25H,6-7,11-12,15-20H2,1-4H3. The zero-order chi connectivity index (χ0) is 33.4. The van der Waals surface area contributed by atoms with Gasteiger partial charge in [-0.15, -0.1) is 0 Å². The van der Waals surface area contributed by atoms with Crippen molar-refractivity contribution in [3.63, 3.8) is 0 Å². The Hall–Kier alpha value is -2.66. The number of piperidine rings is 1. The molecule has 3 aliphatic rings. The Morgan fingerprint density at radius 1 is 0.917 bits per heavy atom. The molecule has 2 aromatic carbocycles. The molecule has 0 N–H and O–H groups in total. The summed E-state index contributed by atoms with van der Waals surface area (Å²) in [5.41, 5.74) is 5.81. The lowest BCUT2D eigenvalue weighted by atomic mass is 10.0. The van der Waals surface area contributed by atoms with E-state index in [2.05, 4.69) is 104 Å². The number of anilines is 6. The highest BCUT2D eigenvalue weighted by molar-refractivity contribution is 14.1. The Morgan fingerprint density at radius 2 is 1.65 bits per heavy atom. The van der Waals surface area contributed by atoms with Gasteiger partial charge in [-0.2, -0.15) is 4.98 Å². The van der Waals surface area contributed by atoms with Crippen molar-refractivity contribution >= 4 is 96.3 Å². The van der Waals surface area contributed by atoms with Gasteiger partial charge >= 0.3 is 0 Å². The summed E-state index contributed by atoms with van der Waals surface area (Å²) in [4.78, 5) is 28.7. The number of aromatic nitrogens is 4. The van der Waals surface area contributed by atoms with Gasteiger partial charge in [-0.1, -0.05) is 0 Å². The minimum atomic E-state index is 0.566. The van der Waals surface area contributed by atoms with Crippen LogP contribution >= 0.6 is 50.7 Å². The van der Waals surface area contributed by atoms with E-state index in [1.165, 1.54) is 57.5 Å². The minimum Gasteiger partial charge on any atom is -0.494 e. The fourth-order valence-electron chi connectivity index (χ4n) is 6.62. The third-order valence-corrected chi connectivity index (χ3v) is 12.4. The summed E-state index contributed by atoms with van der Waals surface area (Å²) in [5, 5.41) is 0.638. The number of hydrogen-bond acceptors (Lipinski definition) is 12. The number of nitrogens with zero attached hydrogens (tertiary/aromatic N) is 10. The molecule has 0 amide bonds. The van der Waals surface area contributed by atoms with E-state index < -0.39 is 0 Å². The van der Waals surface area contributed by atoms with E-state index in [0.29, 0.717) is 17.2 Å². The first-order valence-electron chi connectivity index (χ1n) is 16.5. The lowest BCUT2D eigenvalue weighted by molar-refractivity contribution is 0.0982. The van der Waals surface area contributed by atoms with Gasteiger partial charge in [0.05, 0.1) is 57.0 Å². The van der Waals surface area contributed by atoms with Gasteiger partial charge in [-0.25, -0.2) is 4.98 Å². The quantitative estimate of drug-likeness (QED) is 0.0947. The van der Waals surface area contributed by atoms with Gasteiger partial charge in [-0.3, -0.25) is 18.0 Å². The first-order valence-corrected chi connectivity index (χ1v) is 19.1. The van der Waals surface area contributed by atoms with Crippen molar-refractivity contribution in [1.29, 1.82) is 0 Å². The second kappa shape index (κ2) is 14.7. The van der Waals surface area contributed by atoms with Crippen molar-refractivity contribution in [2.75, 3.05) is 84.7 Å². The molecule has 3 fully saturated rings. The molecule has 0 bridgehead atoms. The molecule has 2 aliphatic heterocycles. The Labute approximate surface area is 309 Å². The number of fused-ring (bicyclic) bond motifs is 1. The van der Waals surface area contributed by atoms with Crippen LogP contribution in [0.15, 0.2) is 53.4 Å². The molecule has 48 heavy (non-hydrogen) atoms. The van der Waals surface area contributed by atoms with Gasteiger partial charge in [0.15, 0.2) is 5.82 Å². The van der Waals surface area contributed by atoms with Crippen LogP contribution in [0, 0.1) is 0 Å². The van der Waals surface area contributed by atoms with Crippen LogP contribution in [0.2, 0.25) is 0 Å². The minimum absolute atomic E-state index is 0.566. The van der Waals surface area contributed by atoms with Gasteiger partial charge in [0.2, 0.25) is 5.95 Å². The Kier molecular flexibility index (Phi) is 10.3. The highest BCUT2D eigenvalue weighted by Crippen LogP contribution is 2.47. The van der Waals surface area contributed by atoms with Crippen LogP contribution < -0.4 is 22.0 Å². The maximum absolute atomic E-state index is 5.96. The van der Waals surface area contributed by atoms with Crippen molar-refractivity contribution in [2.45, 2.75) is 37.0 Å². The summed E-state index contributed by atoms with van der Waals surface area (Å²) < 4.78 is 11.1. The van der Waals surface area contributed by atoms with Crippen molar-refractivity contribution in [3.8, 4) is 5.75 Å². The van der Waals surface area contributed by atoms with Crippen LogP contribution in [0.3, 0.4) is 0 Å². The van der Waals surface area contributed by atoms with Crippen molar-refractivity contribution in [3.05, 3.63) is 53.4 Å². The molecule has 4 heterocycles. The number of rotatable bonds is 10. The molecule has 11 nitrogen and oxygen atoms in total. The molecule has 14 heteroatoms. The number of benzene rings is 2. The highest BCUT2D eigenvalue weighted by Gasteiger charge is 2.30.